The molecule has 12 nitrogen and oxygen atoms in total. The molecule has 2 N–H and O–H groups in total. The van der Waals surface area contributed by atoms with Crippen molar-refractivity contribution in [2.45, 2.75) is 44.3 Å². The van der Waals surface area contributed by atoms with Crippen molar-refractivity contribution in [1.82, 2.24) is 19.7 Å². The summed E-state index contributed by atoms with van der Waals surface area (Å²) in [5.41, 5.74) is 0.645. The van der Waals surface area contributed by atoms with E-state index in [1.807, 2.05) is 0 Å². The number of rotatable bonds is 7. The number of aromatic nitrogens is 1. The lowest BCUT2D eigenvalue weighted by Crippen LogP contribution is -2.49. The van der Waals surface area contributed by atoms with E-state index in [1.165, 1.54) is 10.6 Å². The number of amides is 4. The first-order valence-corrected chi connectivity index (χ1v) is 12.2. The van der Waals surface area contributed by atoms with Crippen LogP contribution in [0.5, 0.6) is 5.75 Å². The monoisotopic (exact) mass is 510 g/mol. The number of hydrogen-bond donors (Lipinski definition) is 2. The number of likely N-dealkylation sites (tertiary alicyclic amines) is 1. The minimum absolute atomic E-state index is 0.0368. The highest BCUT2D eigenvalue weighted by Crippen LogP contribution is 2.36. The second kappa shape index (κ2) is 9.87. The normalized spacial score (nSPS) is 22.5. The molecule has 2 fully saturated rings. The largest absolute Gasteiger partial charge is 0.733 e. The van der Waals surface area contributed by atoms with Gasteiger partial charge in [0.05, 0.1) is 13.7 Å². The predicted molar refractivity (Wildman–Crippen MR) is 131 cm³/mol. The lowest BCUT2D eigenvalue weighted by atomic mass is 9.83. The second-order valence-corrected chi connectivity index (χ2v) is 9.74. The first-order valence-electron chi connectivity index (χ1n) is 12.2. The Morgan fingerprint density at radius 3 is 2.59 bits per heavy atom. The van der Waals surface area contributed by atoms with Gasteiger partial charge in [0, 0.05) is 37.7 Å². The summed E-state index contributed by atoms with van der Waals surface area (Å²) < 4.78 is 6.64. The number of nitrogens with zero attached hydrogens (tertiary/aromatic N) is 4. The number of pyridine rings is 1. The van der Waals surface area contributed by atoms with Gasteiger partial charge in [0.1, 0.15) is 17.5 Å². The van der Waals surface area contributed by atoms with Crippen molar-refractivity contribution < 1.29 is 24.3 Å². The molecule has 0 spiro atoms. The summed E-state index contributed by atoms with van der Waals surface area (Å²) in [6, 6.07) is 8.81. The third-order valence-electron chi connectivity index (χ3n) is 7.40. The summed E-state index contributed by atoms with van der Waals surface area (Å²) in [6.07, 6.45) is 1.12. The fourth-order valence-electron chi connectivity index (χ4n) is 5.55. The Balaban J connectivity index is 1.19. The number of piperidine rings is 1. The number of nitrogens with one attached hydrogen (secondary N) is 1. The van der Waals surface area contributed by atoms with E-state index in [4.69, 9.17) is 4.74 Å². The van der Waals surface area contributed by atoms with Gasteiger partial charge >= 0.3 is 6.03 Å². The molecule has 3 unspecified atom stereocenters. The summed E-state index contributed by atoms with van der Waals surface area (Å²) in [4.78, 5) is 53.8. The molecule has 4 heterocycles. The lowest BCUT2D eigenvalue weighted by Gasteiger charge is -2.43. The maximum Gasteiger partial charge on any atom is 0.325 e. The van der Waals surface area contributed by atoms with E-state index in [0.29, 0.717) is 25.4 Å². The summed E-state index contributed by atoms with van der Waals surface area (Å²) in [5.74, 6) is 0.182. The van der Waals surface area contributed by atoms with Gasteiger partial charge in [0.15, 0.2) is 0 Å². The van der Waals surface area contributed by atoms with Crippen LogP contribution >= 0.6 is 0 Å². The summed E-state index contributed by atoms with van der Waals surface area (Å²) in [7, 11) is 1.56. The van der Waals surface area contributed by atoms with E-state index in [-0.39, 0.29) is 48.7 Å². The number of anilines is 1. The summed E-state index contributed by atoms with van der Waals surface area (Å²) in [6.45, 7) is 1.37. The Morgan fingerprint density at radius 1 is 1.14 bits per heavy atom. The molecule has 4 amide bonds. The van der Waals surface area contributed by atoms with E-state index in [0.717, 1.165) is 22.6 Å². The Labute approximate surface area is 212 Å². The maximum atomic E-state index is 13.1. The number of urea groups is 1. The molecule has 2 aromatic rings. The van der Waals surface area contributed by atoms with Gasteiger partial charge in [-0.15, -0.1) is 0 Å². The van der Waals surface area contributed by atoms with Crippen LogP contribution in [0.2, 0.25) is 0 Å². The van der Waals surface area contributed by atoms with Crippen LogP contribution in [-0.4, -0.2) is 63.7 Å². The molecule has 2 bridgehead atoms. The lowest BCUT2D eigenvalue weighted by molar-refractivity contribution is -0.134. The molecule has 3 atom stereocenters. The van der Waals surface area contributed by atoms with Crippen molar-refractivity contribution in [2.24, 2.45) is 5.92 Å². The highest BCUT2D eigenvalue weighted by molar-refractivity contribution is 6.04. The Kier molecular flexibility index (Phi) is 6.61. The molecule has 3 aliphatic rings. The molecule has 196 valence electrons. The van der Waals surface area contributed by atoms with E-state index >= 15 is 0 Å². The van der Waals surface area contributed by atoms with Crippen LogP contribution in [0.1, 0.15) is 36.4 Å². The van der Waals surface area contributed by atoms with Gasteiger partial charge in [-0.25, -0.2) is 4.79 Å². The van der Waals surface area contributed by atoms with Gasteiger partial charge in [0.2, 0.25) is 5.91 Å². The Bertz CT molecular complexity index is 1280. The summed E-state index contributed by atoms with van der Waals surface area (Å²) >= 11 is 0. The zero-order chi connectivity index (χ0) is 26.3. The minimum Gasteiger partial charge on any atom is -0.733 e. The smallest absolute Gasteiger partial charge is 0.325 e. The molecular weight excluding hydrogens is 482 g/mol. The molecule has 37 heavy (non-hydrogen) atoms. The average Bonchev–Trinajstić information content (AvgIpc) is 3.15. The van der Waals surface area contributed by atoms with Crippen LogP contribution in [-0.2, 0) is 22.7 Å². The quantitative estimate of drug-likeness (QED) is 0.420. The van der Waals surface area contributed by atoms with Gasteiger partial charge in [-0.05, 0) is 48.6 Å². The van der Waals surface area contributed by atoms with Crippen LogP contribution in [0, 0.1) is 11.1 Å². The van der Waals surface area contributed by atoms with Crippen molar-refractivity contribution in [2.75, 3.05) is 25.4 Å². The molecule has 5 rings (SSSR count). The molecule has 1 aromatic carbocycles. The van der Waals surface area contributed by atoms with Crippen LogP contribution in [0.25, 0.3) is 0 Å². The standard InChI is InChI=1S/C25H28N5O7/c1-37-18-4-2-15(3-5-18)12-29-23(32)19(26-25(29)34)6-9-22(31)27-11-16-10-17(14-27)20-7-8-21(30(35)36)24(33)28(20)13-16/h2-5,7-8,16-17,19,35H,6,9-14H2,1H3,(H,26,34)/q-1. The van der Waals surface area contributed by atoms with Gasteiger partial charge < -0.3 is 30.0 Å². The number of methoxy groups -OCH3 is 1. The Hall–Kier alpha value is -3.90. The SMILES string of the molecule is COc1ccc(CN2C(=O)NC(CCC(=O)N3CC4CC(C3)c3ccc(N([O-])O)c(=O)n3C4)C2=O)cc1. The molecule has 0 aliphatic carbocycles. The van der Waals surface area contributed by atoms with Crippen LogP contribution in [0.15, 0.2) is 41.2 Å². The minimum atomic E-state index is -0.759. The van der Waals surface area contributed by atoms with Crippen molar-refractivity contribution >= 4 is 23.5 Å². The van der Waals surface area contributed by atoms with Gasteiger partial charge in [-0.1, -0.05) is 12.1 Å². The van der Waals surface area contributed by atoms with Gasteiger partial charge in [-0.2, -0.15) is 0 Å². The van der Waals surface area contributed by atoms with Crippen molar-refractivity contribution in [3.8, 4) is 5.75 Å². The highest BCUT2D eigenvalue weighted by atomic mass is 16.8. The number of carbonyl (C=O) groups excluding carboxylic acids is 3. The first kappa shape index (κ1) is 24.8. The van der Waals surface area contributed by atoms with Gasteiger partial charge in [0.25, 0.3) is 11.5 Å². The predicted octanol–water partition coefficient (Wildman–Crippen LogP) is 1.40. The zero-order valence-corrected chi connectivity index (χ0v) is 20.3. The van der Waals surface area contributed by atoms with E-state index in [2.05, 4.69) is 5.32 Å². The van der Waals surface area contributed by atoms with Crippen LogP contribution in [0.3, 0.4) is 0 Å². The first-order chi connectivity index (χ1) is 17.7. The number of carbonyl (C=O) groups is 3. The fraction of sp³-hybridized carbons (Fsp3) is 0.440. The van der Waals surface area contributed by atoms with Crippen molar-refractivity contribution in [3.63, 3.8) is 0 Å². The molecule has 1 aromatic heterocycles. The fourth-order valence-corrected chi connectivity index (χ4v) is 5.55. The molecule has 0 saturated carbocycles. The number of imide groups is 1. The van der Waals surface area contributed by atoms with Crippen LogP contribution < -0.4 is 20.8 Å². The third-order valence-corrected chi connectivity index (χ3v) is 7.40. The zero-order valence-electron chi connectivity index (χ0n) is 20.3. The number of fused-ring (bicyclic) bond motifs is 4. The Morgan fingerprint density at radius 2 is 1.89 bits per heavy atom. The van der Waals surface area contributed by atoms with E-state index in [9.17, 15) is 29.6 Å². The van der Waals surface area contributed by atoms with Crippen LogP contribution in [0.4, 0.5) is 10.5 Å². The van der Waals surface area contributed by atoms with E-state index < -0.39 is 22.9 Å². The third kappa shape index (κ3) is 4.77. The van der Waals surface area contributed by atoms with E-state index in [1.54, 1.807) is 42.3 Å². The number of ether oxygens (including phenoxy) is 1. The molecule has 3 aliphatic heterocycles. The number of benzene rings is 1. The molecule has 0 radical (unpaired) electrons. The molecule has 2 saturated heterocycles. The summed E-state index contributed by atoms with van der Waals surface area (Å²) in [5, 5.41) is 22.7. The topological polar surface area (TPSA) is 147 Å². The van der Waals surface area contributed by atoms with Crippen molar-refractivity contribution in [1.29, 1.82) is 0 Å². The van der Waals surface area contributed by atoms with Gasteiger partial charge in [-0.3, -0.25) is 24.5 Å². The molecular formula is C25H28N5O7-. The average molecular weight is 511 g/mol. The van der Waals surface area contributed by atoms with Crippen molar-refractivity contribution in [3.05, 3.63) is 63.2 Å². The maximum absolute atomic E-state index is 13.1. The second-order valence-electron chi connectivity index (χ2n) is 9.74. The number of hydrogen-bond acceptors (Lipinski definition) is 8. The highest BCUT2D eigenvalue weighted by Gasteiger charge is 2.40. The molecule has 12 heteroatoms.